The van der Waals surface area contributed by atoms with Crippen LogP contribution in [0.5, 0.6) is 0 Å². The first-order chi connectivity index (χ1) is 12.4. The number of H-pyrrole nitrogens is 1. The summed E-state index contributed by atoms with van der Waals surface area (Å²) in [4.78, 5) is 26.2. The van der Waals surface area contributed by atoms with Crippen molar-refractivity contribution in [2.45, 2.75) is 37.9 Å². The van der Waals surface area contributed by atoms with Crippen LogP contribution in [0.1, 0.15) is 17.5 Å². The van der Waals surface area contributed by atoms with Crippen LogP contribution in [0.25, 0.3) is 0 Å². The van der Waals surface area contributed by atoms with Gasteiger partial charge in [-0.25, -0.2) is 4.79 Å². The third-order valence-corrected chi connectivity index (χ3v) is 4.51. The second-order valence-electron chi connectivity index (χ2n) is 6.48. The summed E-state index contributed by atoms with van der Waals surface area (Å²) in [5.74, 6) is 0. The van der Waals surface area contributed by atoms with Crippen LogP contribution in [0.3, 0.4) is 0 Å². The molecule has 26 heavy (non-hydrogen) atoms. The molecular weight excluding hydrogens is 340 g/mol. The van der Waals surface area contributed by atoms with Crippen LogP contribution in [-0.4, -0.2) is 45.2 Å². The molecule has 1 aliphatic rings. The Morgan fingerprint density at radius 3 is 2.73 bits per heavy atom. The molecular formula is C18H22N2O6. The van der Waals surface area contributed by atoms with E-state index in [9.17, 15) is 19.8 Å². The van der Waals surface area contributed by atoms with Crippen molar-refractivity contribution in [2.24, 2.45) is 0 Å². The molecule has 0 bridgehead atoms. The summed E-state index contributed by atoms with van der Waals surface area (Å²) in [5.41, 5.74) is -1.17. The van der Waals surface area contributed by atoms with Crippen LogP contribution < -0.4 is 11.2 Å². The van der Waals surface area contributed by atoms with E-state index >= 15 is 0 Å². The Morgan fingerprint density at radius 1 is 1.35 bits per heavy atom. The molecule has 3 N–H and O–H groups in total. The maximum absolute atomic E-state index is 12.3. The molecule has 3 atom stereocenters. The van der Waals surface area contributed by atoms with Crippen LogP contribution in [0.2, 0.25) is 0 Å². The van der Waals surface area contributed by atoms with Crippen molar-refractivity contribution in [1.29, 1.82) is 0 Å². The molecule has 0 aliphatic carbocycles. The lowest BCUT2D eigenvalue weighted by atomic mass is 10.1. The smallest absolute Gasteiger partial charge is 0.330 e. The fourth-order valence-corrected chi connectivity index (χ4v) is 3.12. The number of aryl methyl sites for hydroxylation is 1. The van der Waals surface area contributed by atoms with Gasteiger partial charge in [-0.3, -0.25) is 14.3 Å². The molecule has 1 saturated heterocycles. The average molecular weight is 362 g/mol. The zero-order valence-corrected chi connectivity index (χ0v) is 14.4. The number of hydrogen-bond donors (Lipinski definition) is 3. The van der Waals surface area contributed by atoms with Gasteiger partial charge in [0.05, 0.1) is 25.9 Å². The molecule has 0 spiro atoms. The highest BCUT2D eigenvalue weighted by Gasteiger charge is 2.48. The Kier molecular flexibility index (Phi) is 5.38. The molecule has 2 aromatic rings. The normalized spacial score (nSPS) is 25.5. The maximum Gasteiger partial charge on any atom is 0.330 e. The van der Waals surface area contributed by atoms with Crippen LogP contribution >= 0.6 is 0 Å². The summed E-state index contributed by atoms with van der Waals surface area (Å²) in [6.45, 7) is 1.45. The van der Waals surface area contributed by atoms with Crippen molar-refractivity contribution >= 4 is 0 Å². The number of benzene rings is 1. The standard InChI is InChI=1S/C18H22N2O6/c1-12-8-20(17(24)19-16(12)23)18(7-14(22)15(9-21)26-18)11-25-10-13-5-3-2-4-6-13/h2-6,8,14-15,21-22H,7,9-11H2,1H3,(H,19,23,24)/t14-,15+,18-/m0/s1. The number of ether oxygens (including phenoxy) is 2. The number of nitrogens with one attached hydrogen (secondary N) is 1. The monoisotopic (exact) mass is 362 g/mol. The van der Waals surface area contributed by atoms with Gasteiger partial charge in [0.1, 0.15) is 6.10 Å². The van der Waals surface area contributed by atoms with Gasteiger partial charge in [-0.1, -0.05) is 30.3 Å². The van der Waals surface area contributed by atoms with Crippen molar-refractivity contribution in [2.75, 3.05) is 13.2 Å². The SMILES string of the molecule is Cc1cn([C@@]2(COCc3ccccc3)C[C@H](O)[C@@H](CO)O2)c(=O)[nH]c1=O. The van der Waals surface area contributed by atoms with Crippen LogP contribution in [0.4, 0.5) is 0 Å². The first-order valence-electron chi connectivity index (χ1n) is 8.37. The predicted molar refractivity (Wildman–Crippen MR) is 92.7 cm³/mol. The highest BCUT2D eigenvalue weighted by atomic mass is 16.6. The number of nitrogens with zero attached hydrogens (tertiary/aromatic N) is 1. The van der Waals surface area contributed by atoms with E-state index in [2.05, 4.69) is 4.98 Å². The predicted octanol–water partition coefficient (Wildman–Crippen LogP) is -0.143. The van der Waals surface area contributed by atoms with Gasteiger partial charge in [0, 0.05) is 18.2 Å². The summed E-state index contributed by atoms with van der Waals surface area (Å²) in [6.07, 6.45) is -0.355. The molecule has 3 rings (SSSR count). The Balaban J connectivity index is 1.90. The van der Waals surface area contributed by atoms with Crippen molar-refractivity contribution in [3.8, 4) is 0 Å². The Bertz CT molecular complexity index is 862. The Hall–Kier alpha value is -2.26. The van der Waals surface area contributed by atoms with Crippen molar-refractivity contribution < 1.29 is 19.7 Å². The van der Waals surface area contributed by atoms with Crippen molar-refractivity contribution in [1.82, 2.24) is 9.55 Å². The lowest BCUT2D eigenvalue weighted by Gasteiger charge is -2.31. The molecule has 140 valence electrons. The van der Waals surface area contributed by atoms with E-state index in [1.807, 2.05) is 30.3 Å². The number of rotatable bonds is 6. The zero-order chi connectivity index (χ0) is 18.7. The second kappa shape index (κ2) is 7.55. The summed E-state index contributed by atoms with van der Waals surface area (Å²) in [6, 6.07) is 9.49. The second-order valence-corrected chi connectivity index (χ2v) is 6.48. The summed E-state index contributed by atoms with van der Waals surface area (Å²) < 4.78 is 12.8. The topological polar surface area (TPSA) is 114 Å². The van der Waals surface area contributed by atoms with Gasteiger partial charge in [-0.15, -0.1) is 0 Å². The molecule has 8 nitrogen and oxygen atoms in total. The summed E-state index contributed by atoms with van der Waals surface area (Å²) >= 11 is 0. The van der Waals surface area contributed by atoms with E-state index in [0.29, 0.717) is 12.2 Å². The van der Waals surface area contributed by atoms with E-state index in [1.54, 1.807) is 6.92 Å². The Labute approximate surface area is 149 Å². The molecule has 1 aromatic heterocycles. The van der Waals surface area contributed by atoms with Crippen LogP contribution in [-0.2, 0) is 21.8 Å². The number of aromatic nitrogens is 2. The molecule has 1 fully saturated rings. The first kappa shape index (κ1) is 18.5. The molecule has 1 aromatic carbocycles. The third kappa shape index (κ3) is 3.63. The lowest BCUT2D eigenvalue weighted by Crippen LogP contribution is -2.47. The van der Waals surface area contributed by atoms with Gasteiger partial charge in [0.25, 0.3) is 5.56 Å². The molecule has 2 heterocycles. The number of hydrogen-bond acceptors (Lipinski definition) is 6. The van der Waals surface area contributed by atoms with Gasteiger partial charge >= 0.3 is 5.69 Å². The van der Waals surface area contributed by atoms with Crippen LogP contribution in [0.15, 0.2) is 46.1 Å². The van der Waals surface area contributed by atoms with Crippen LogP contribution in [0, 0.1) is 6.92 Å². The highest BCUT2D eigenvalue weighted by Crippen LogP contribution is 2.34. The average Bonchev–Trinajstić information content (AvgIpc) is 2.95. The van der Waals surface area contributed by atoms with Gasteiger partial charge in [0.15, 0.2) is 5.72 Å². The minimum Gasteiger partial charge on any atom is -0.394 e. The van der Waals surface area contributed by atoms with E-state index in [0.717, 1.165) is 5.56 Å². The summed E-state index contributed by atoms with van der Waals surface area (Å²) in [5, 5.41) is 19.6. The highest BCUT2D eigenvalue weighted by molar-refractivity contribution is 5.13. The quantitative estimate of drug-likeness (QED) is 0.659. The van der Waals surface area contributed by atoms with E-state index in [1.165, 1.54) is 10.8 Å². The molecule has 0 radical (unpaired) electrons. The maximum atomic E-state index is 12.3. The lowest BCUT2D eigenvalue weighted by molar-refractivity contribution is -0.157. The number of aromatic amines is 1. The Morgan fingerprint density at radius 2 is 2.08 bits per heavy atom. The van der Waals surface area contributed by atoms with Gasteiger partial charge < -0.3 is 19.7 Å². The number of aliphatic hydroxyl groups excluding tert-OH is 2. The van der Waals surface area contributed by atoms with Crippen molar-refractivity contribution in [3.05, 3.63) is 68.5 Å². The largest absolute Gasteiger partial charge is 0.394 e. The molecule has 0 amide bonds. The molecule has 1 aliphatic heterocycles. The third-order valence-electron chi connectivity index (χ3n) is 4.51. The fraction of sp³-hybridized carbons (Fsp3) is 0.444. The molecule has 8 heteroatoms. The minimum atomic E-state index is -1.31. The van der Waals surface area contributed by atoms with E-state index < -0.39 is 35.8 Å². The minimum absolute atomic E-state index is 0.0269. The van der Waals surface area contributed by atoms with E-state index in [4.69, 9.17) is 9.47 Å². The summed E-state index contributed by atoms with van der Waals surface area (Å²) in [7, 11) is 0. The molecule has 0 unspecified atom stereocenters. The van der Waals surface area contributed by atoms with Crippen molar-refractivity contribution in [3.63, 3.8) is 0 Å². The number of aliphatic hydroxyl groups is 2. The van der Waals surface area contributed by atoms with Gasteiger partial charge in [0.2, 0.25) is 0 Å². The van der Waals surface area contributed by atoms with Gasteiger partial charge in [-0.2, -0.15) is 0 Å². The zero-order valence-electron chi connectivity index (χ0n) is 14.4. The first-order valence-corrected chi connectivity index (χ1v) is 8.37. The molecule has 0 saturated carbocycles. The fourth-order valence-electron chi connectivity index (χ4n) is 3.12. The van der Waals surface area contributed by atoms with E-state index in [-0.39, 0.29) is 13.0 Å². The van der Waals surface area contributed by atoms with Gasteiger partial charge in [-0.05, 0) is 12.5 Å².